The van der Waals surface area contributed by atoms with Crippen LogP contribution in [-0.4, -0.2) is 36.7 Å². The van der Waals surface area contributed by atoms with Crippen LogP contribution < -0.4 is 0 Å². The zero-order valence-corrected chi connectivity index (χ0v) is 21.5. The van der Waals surface area contributed by atoms with E-state index < -0.39 is 23.5 Å². The zero-order valence-electron chi connectivity index (χ0n) is 19.3. The predicted molar refractivity (Wildman–Crippen MR) is 123 cm³/mol. The Hall–Kier alpha value is 0.629. The molecule has 0 atom stereocenters. The predicted octanol–water partition coefficient (Wildman–Crippen LogP) is 7.75. The van der Waals surface area contributed by atoms with E-state index in [2.05, 4.69) is 34.6 Å². The van der Waals surface area contributed by atoms with Crippen LogP contribution in [0.2, 0.25) is 18.1 Å². The maximum Gasteiger partial charge on any atom is 0.894 e. The Kier molecular flexibility index (Phi) is 20.4. The minimum Gasteiger partial charge on any atom is -0.498 e. The molecule has 0 radical (unpaired) electrons. The summed E-state index contributed by atoms with van der Waals surface area (Å²) in [4.78, 5) is 0. The van der Waals surface area contributed by atoms with Crippen molar-refractivity contribution in [3.63, 3.8) is 0 Å². The van der Waals surface area contributed by atoms with E-state index in [1.165, 1.54) is 82.3 Å². The third-order valence-electron chi connectivity index (χ3n) is 5.31. The van der Waals surface area contributed by atoms with Gasteiger partial charge in [0, 0.05) is 13.2 Å². The second-order valence-electron chi connectivity index (χ2n) is 8.06. The summed E-state index contributed by atoms with van der Waals surface area (Å²) in [5, 5.41) is 0. The summed E-state index contributed by atoms with van der Waals surface area (Å²) in [7, 11) is -1.75. The van der Waals surface area contributed by atoms with Gasteiger partial charge in [0.05, 0.1) is 0 Å². The quantitative estimate of drug-likeness (QED) is 0.141. The van der Waals surface area contributed by atoms with Crippen LogP contribution >= 0.6 is 0 Å². The van der Waals surface area contributed by atoms with Crippen LogP contribution in [0.5, 0.6) is 0 Å². The summed E-state index contributed by atoms with van der Waals surface area (Å²) < 4.78 is 19.4. The van der Waals surface area contributed by atoms with Gasteiger partial charge >= 0.3 is 15.1 Å². The summed E-state index contributed by atoms with van der Waals surface area (Å²) >= 11 is -2.01. The van der Waals surface area contributed by atoms with Crippen molar-refractivity contribution >= 4 is 23.5 Å². The van der Waals surface area contributed by atoms with Gasteiger partial charge in [0.25, 0.3) is 0 Å². The van der Waals surface area contributed by atoms with Crippen molar-refractivity contribution in [3.8, 4) is 0 Å². The first-order chi connectivity index (χ1) is 13.2. The van der Waals surface area contributed by atoms with Crippen molar-refractivity contribution < 1.29 is 11.1 Å². The number of rotatable bonds is 21. The molecule has 0 aliphatic carbocycles. The molecule has 0 saturated carbocycles. The summed E-state index contributed by atoms with van der Waals surface area (Å²) in [6.07, 6.45) is 14.9. The highest BCUT2D eigenvalue weighted by Gasteiger charge is 2.42. The van der Waals surface area contributed by atoms with Gasteiger partial charge in [-0.25, -0.2) is 0 Å². The second kappa shape index (κ2) is 19.9. The van der Waals surface area contributed by atoms with Gasteiger partial charge in [0.1, 0.15) is 0 Å². The Morgan fingerprint density at radius 2 is 0.889 bits per heavy atom. The van der Waals surface area contributed by atoms with Gasteiger partial charge in [-0.3, -0.25) is 0 Å². The fourth-order valence-corrected chi connectivity index (χ4v) is 11.6. The van der Waals surface area contributed by atoms with Gasteiger partial charge in [0.15, 0.2) is 8.32 Å². The SMILES string of the molecule is CCCCC[O][Al]([O]CCCCC)[O][Si](CCCC)(CCCC)CCCC. The fraction of sp³-hybridized carbons (Fsp3) is 1.00. The maximum absolute atomic E-state index is 6.94. The molecule has 0 rings (SSSR count). The molecule has 0 aromatic heterocycles. The summed E-state index contributed by atoms with van der Waals surface area (Å²) in [6, 6.07) is 3.89. The van der Waals surface area contributed by atoms with Crippen molar-refractivity contribution in [2.75, 3.05) is 13.2 Å². The summed E-state index contributed by atoms with van der Waals surface area (Å²) in [5.41, 5.74) is 0. The van der Waals surface area contributed by atoms with Crippen LogP contribution in [0.4, 0.5) is 0 Å². The number of unbranched alkanes of at least 4 members (excludes halogenated alkanes) is 7. The molecule has 0 N–H and O–H groups in total. The van der Waals surface area contributed by atoms with E-state index >= 15 is 0 Å². The molecule has 0 aliphatic heterocycles. The highest BCUT2D eigenvalue weighted by molar-refractivity contribution is 6.78. The molecule has 0 fully saturated rings. The Bertz CT molecular complexity index is 272. The van der Waals surface area contributed by atoms with E-state index in [-0.39, 0.29) is 0 Å². The Morgan fingerprint density at radius 3 is 1.22 bits per heavy atom. The van der Waals surface area contributed by atoms with Crippen LogP contribution in [-0.2, 0) is 11.1 Å². The molecule has 0 saturated heterocycles. The van der Waals surface area contributed by atoms with Gasteiger partial charge in [0.2, 0.25) is 0 Å². The molecule has 27 heavy (non-hydrogen) atoms. The van der Waals surface area contributed by atoms with Gasteiger partial charge in [-0.15, -0.1) is 0 Å². The number of hydrogen-bond donors (Lipinski definition) is 0. The Labute approximate surface area is 177 Å². The van der Waals surface area contributed by atoms with Crippen molar-refractivity contribution in [2.24, 2.45) is 0 Å². The molecule has 3 nitrogen and oxygen atoms in total. The first kappa shape index (κ1) is 27.6. The summed E-state index contributed by atoms with van der Waals surface area (Å²) in [5.74, 6) is 0. The van der Waals surface area contributed by atoms with Gasteiger partial charge in [-0.05, 0) is 31.0 Å². The molecule has 0 bridgehead atoms. The minimum atomic E-state index is -2.01. The van der Waals surface area contributed by atoms with Crippen molar-refractivity contribution in [3.05, 3.63) is 0 Å². The lowest BCUT2D eigenvalue weighted by Crippen LogP contribution is -2.46. The number of hydrogen-bond acceptors (Lipinski definition) is 3. The normalized spacial score (nSPS) is 11.9. The van der Waals surface area contributed by atoms with E-state index in [4.69, 9.17) is 11.1 Å². The molecule has 0 amide bonds. The molecule has 0 unspecified atom stereocenters. The standard InChI is InChI=1S/C12H27OSi.2C5H11O.Al/c1-4-7-10-14(13,11-8-5-2)12-9-6-3;2*1-2-3-4-5-6;/h4-12H2,1-3H3;2*2-5H2,1H3;/q3*-1;+3. The Balaban J connectivity index is 4.97. The fourth-order valence-electron chi connectivity index (χ4n) is 3.43. The molecule has 0 spiro atoms. The van der Waals surface area contributed by atoms with E-state index in [1.54, 1.807) is 0 Å². The molecule has 0 heterocycles. The third-order valence-corrected chi connectivity index (χ3v) is 12.9. The Morgan fingerprint density at radius 1 is 0.519 bits per heavy atom. The molecule has 162 valence electrons. The molecule has 0 aromatic carbocycles. The lowest BCUT2D eigenvalue weighted by Gasteiger charge is -2.34. The monoisotopic (exact) mass is 416 g/mol. The summed E-state index contributed by atoms with van der Waals surface area (Å²) in [6.45, 7) is 13.0. The van der Waals surface area contributed by atoms with Gasteiger partial charge < -0.3 is 11.1 Å². The minimum absolute atomic E-state index is 0.818. The highest BCUT2D eigenvalue weighted by Crippen LogP contribution is 2.30. The van der Waals surface area contributed by atoms with Gasteiger partial charge in [-0.2, -0.15) is 0 Å². The molecular weight excluding hydrogens is 367 g/mol. The van der Waals surface area contributed by atoms with Crippen LogP contribution in [0.25, 0.3) is 0 Å². The van der Waals surface area contributed by atoms with Crippen molar-refractivity contribution in [1.82, 2.24) is 0 Å². The topological polar surface area (TPSA) is 27.7 Å². The van der Waals surface area contributed by atoms with Gasteiger partial charge in [-0.1, -0.05) is 98.8 Å². The average Bonchev–Trinajstić information content (AvgIpc) is 2.69. The van der Waals surface area contributed by atoms with E-state index in [9.17, 15) is 0 Å². The molecule has 0 aromatic rings. The molecule has 0 aliphatic rings. The van der Waals surface area contributed by atoms with Crippen LogP contribution in [0.15, 0.2) is 0 Å². The average molecular weight is 417 g/mol. The van der Waals surface area contributed by atoms with E-state index in [1.807, 2.05) is 0 Å². The van der Waals surface area contributed by atoms with Crippen molar-refractivity contribution in [2.45, 2.75) is 130 Å². The largest absolute Gasteiger partial charge is 0.894 e. The van der Waals surface area contributed by atoms with E-state index in [0.717, 1.165) is 26.1 Å². The third kappa shape index (κ3) is 15.2. The first-order valence-electron chi connectivity index (χ1n) is 12.1. The smallest absolute Gasteiger partial charge is 0.498 e. The first-order valence-corrected chi connectivity index (χ1v) is 16.0. The zero-order chi connectivity index (χ0) is 20.2. The van der Waals surface area contributed by atoms with Crippen LogP contribution in [0.3, 0.4) is 0 Å². The second-order valence-corrected chi connectivity index (χ2v) is 14.1. The van der Waals surface area contributed by atoms with E-state index in [0.29, 0.717) is 0 Å². The van der Waals surface area contributed by atoms with Crippen LogP contribution in [0.1, 0.15) is 112 Å². The molecule has 5 heteroatoms. The molecular formula is C22H49AlO3Si. The lowest BCUT2D eigenvalue weighted by molar-refractivity contribution is 0.131. The lowest BCUT2D eigenvalue weighted by atomic mass is 10.3. The van der Waals surface area contributed by atoms with Crippen molar-refractivity contribution in [1.29, 1.82) is 0 Å². The van der Waals surface area contributed by atoms with Crippen LogP contribution in [0, 0.1) is 0 Å². The highest BCUT2D eigenvalue weighted by atomic mass is 28.4. The maximum atomic E-state index is 6.94.